The topological polar surface area (TPSA) is 101 Å². The lowest BCUT2D eigenvalue weighted by Gasteiger charge is -2.13. The van der Waals surface area contributed by atoms with E-state index in [4.69, 9.17) is 21.6 Å². The Balaban J connectivity index is 1.64. The van der Waals surface area contributed by atoms with Crippen LogP contribution >= 0.6 is 11.6 Å². The molecule has 2 aromatic carbocycles. The standard InChI is InChI=1S/C23H20ClN3O4/c1-15(26-22(29)17-8-2-4-9-19(17)24)23(30)31-14-21(28)18-13-27(12-6-11-25)20-10-5-3-7-16(18)20/h2-5,7-10,13,15H,6,12,14H2,1H3,(H,26,29)/t15-/m0/s1. The van der Waals surface area contributed by atoms with Crippen molar-refractivity contribution in [1.82, 2.24) is 9.88 Å². The van der Waals surface area contributed by atoms with Crippen LogP contribution in [0.25, 0.3) is 10.9 Å². The van der Waals surface area contributed by atoms with Gasteiger partial charge in [0.05, 0.1) is 23.1 Å². The molecule has 31 heavy (non-hydrogen) atoms. The van der Waals surface area contributed by atoms with Crippen molar-refractivity contribution >= 4 is 40.2 Å². The average molecular weight is 438 g/mol. The number of rotatable bonds is 8. The molecule has 8 heteroatoms. The first-order valence-corrected chi connectivity index (χ1v) is 10.00. The number of para-hydroxylation sites is 1. The zero-order valence-electron chi connectivity index (χ0n) is 16.8. The third-order valence-corrected chi connectivity index (χ3v) is 5.05. The Morgan fingerprint density at radius 2 is 1.84 bits per heavy atom. The van der Waals surface area contributed by atoms with Crippen LogP contribution in [0.4, 0.5) is 0 Å². The first-order chi connectivity index (χ1) is 14.9. The number of fused-ring (bicyclic) bond motifs is 1. The molecule has 158 valence electrons. The van der Waals surface area contributed by atoms with Crippen LogP contribution in [-0.2, 0) is 16.1 Å². The van der Waals surface area contributed by atoms with Crippen LogP contribution in [0, 0.1) is 11.3 Å². The first kappa shape index (κ1) is 22.1. The molecule has 0 aliphatic carbocycles. The number of aryl methyl sites for hydroxylation is 1. The molecular formula is C23H20ClN3O4. The zero-order chi connectivity index (χ0) is 22.4. The summed E-state index contributed by atoms with van der Waals surface area (Å²) in [6.45, 7) is 1.46. The van der Waals surface area contributed by atoms with E-state index in [2.05, 4.69) is 11.4 Å². The molecule has 1 heterocycles. The Labute approximate surface area is 184 Å². The third-order valence-electron chi connectivity index (χ3n) is 4.72. The van der Waals surface area contributed by atoms with Crippen LogP contribution in [0.3, 0.4) is 0 Å². The van der Waals surface area contributed by atoms with E-state index in [1.165, 1.54) is 6.92 Å². The minimum absolute atomic E-state index is 0.241. The van der Waals surface area contributed by atoms with Gasteiger partial charge in [0.2, 0.25) is 5.78 Å². The fourth-order valence-electron chi connectivity index (χ4n) is 3.14. The normalized spacial score (nSPS) is 11.5. The van der Waals surface area contributed by atoms with E-state index in [9.17, 15) is 14.4 Å². The number of hydrogen-bond donors (Lipinski definition) is 1. The minimum atomic E-state index is -0.964. The largest absolute Gasteiger partial charge is 0.456 e. The van der Waals surface area contributed by atoms with Gasteiger partial charge < -0.3 is 14.6 Å². The van der Waals surface area contributed by atoms with Crippen LogP contribution in [0.15, 0.2) is 54.7 Å². The molecule has 0 aliphatic rings. The number of amides is 1. The maximum Gasteiger partial charge on any atom is 0.328 e. The Bertz CT molecular complexity index is 1180. The molecule has 0 aliphatic heterocycles. The molecule has 0 spiro atoms. The number of esters is 1. The van der Waals surface area contributed by atoms with Crippen LogP contribution in [0.2, 0.25) is 5.02 Å². The molecule has 0 saturated carbocycles. The molecule has 7 nitrogen and oxygen atoms in total. The van der Waals surface area contributed by atoms with Crippen molar-refractivity contribution in [1.29, 1.82) is 5.26 Å². The smallest absolute Gasteiger partial charge is 0.328 e. The Morgan fingerprint density at radius 3 is 2.58 bits per heavy atom. The first-order valence-electron chi connectivity index (χ1n) is 9.62. The van der Waals surface area contributed by atoms with Gasteiger partial charge in [-0.2, -0.15) is 5.26 Å². The van der Waals surface area contributed by atoms with Crippen LogP contribution in [0.1, 0.15) is 34.1 Å². The second kappa shape index (κ2) is 9.92. The highest BCUT2D eigenvalue weighted by atomic mass is 35.5. The van der Waals surface area contributed by atoms with Crippen molar-refractivity contribution < 1.29 is 19.1 Å². The molecule has 0 fully saturated rings. The summed E-state index contributed by atoms with van der Waals surface area (Å²) in [5.74, 6) is -1.62. The summed E-state index contributed by atoms with van der Waals surface area (Å²) in [6, 6.07) is 14.9. The van der Waals surface area contributed by atoms with Gasteiger partial charge in [-0.05, 0) is 25.1 Å². The van der Waals surface area contributed by atoms with E-state index in [1.54, 1.807) is 36.5 Å². The summed E-state index contributed by atoms with van der Waals surface area (Å²) < 4.78 is 6.96. The quantitative estimate of drug-likeness (QED) is 0.427. The molecule has 3 rings (SSSR count). The van der Waals surface area contributed by atoms with Gasteiger partial charge in [-0.25, -0.2) is 4.79 Å². The maximum atomic E-state index is 12.7. The highest BCUT2D eigenvalue weighted by Gasteiger charge is 2.22. The highest BCUT2D eigenvalue weighted by molar-refractivity contribution is 6.33. The molecular weight excluding hydrogens is 418 g/mol. The number of carbonyl (C=O) groups is 3. The number of hydrogen-bond acceptors (Lipinski definition) is 5. The Morgan fingerprint density at radius 1 is 1.13 bits per heavy atom. The third kappa shape index (κ3) is 5.11. The molecule has 1 aromatic heterocycles. The number of carbonyl (C=O) groups excluding carboxylic acids is 3. The fourth-order valence-corrected chi connectivity index (χ4v) is 3.36. The average Bonchev–Trinajstić information content (AvgIpc) is 3.14. The Hall–Kier alpha value is -3.63. The number of benzene rings is 2. The number of nitrogens with one attached hydrogen (secondary N) is 1. The SMILES string of the molecule is C[C@H](NC(=O)c1ccccc1Cl)C(=O)OCC(=O)c1cn(CCC#N)c2ccccc12. The van der Waals surface area contributed by atoms with Crippen molar-refractivity contribution in [3.8, 4) is 6.07 Å². The maximum absolute atomic E-state index is 12.7. The van der Waals surface area contributed by atoms with E-state index in [0.29, 0.717) is 18.5 Å². The van der Waals surface area contributed by atoms with Crippen molar-refractivity contribution in [2.45, 2.75) is 25.9 Å². The lowest BCUT2D eigenvalue weighted by Crippen LogP contribution is -2.40. The molecule has 1 amide bonds. The number of halogens is 1. The predicted octanol–water partition coefficient (Wildman–Crippen LogP) is 3.75. The van der Waals surface area contributed by atoms with Crippen molar-refractivity contribution in [2.24, 2.45) is 0 Å². The van der Waals surface area contributed by atoms with Crippen molar-refractivity contribution in [3.63, 3.8) is 0 Å². The van der Waals surface area contributed by atoms with E-state index in [0.717, 1.165) is 10.9 Å². The summed E-state index contributed by atoms with van der Waals surface area (Å²) in [4.78, 5) is 37.3. The van der Waals surface area contributed by atoms with Crippen LogP contribution in [-0.4, -0.2) is 34.9 Å². The van der Waals surface area contributed by atoms with E-state index in [1.807, 2.05) is 22.8 Å². The molecule has 0 bridgehead atoms. The molecule has 1 atom stereocenters. The number of nitriles is 1. The zero-order valence-corrected chi connectivity index (χ0v) is 17.6. The summed E-state index contributed by atoms with van der Waals surface area (Å²) in [5, 5.41) is 12.3. The Kier molecular flexibility index (Phi) is 7.06. The number of ketones is 1. The fraction of sp³-hybridized carbons (Fsp3) is 0.217. The summed E-state index contributed by atoms with van der Waals surface area (Å²) >= 11 is 5.99. The highest BCUT2D eigenvalue weighted by Crippen LogP contribution is 2.22. The van der Waals surface area contributed by atoms with Gasteiger partial charge >= 0.3 is 5.97 Å². The molecule has 3 aromatic rings. The second-order valence-corrected chi connectivity index (χ2v) is 7.27. The number of nitrogens with zero attached hydrogens (tertiary/aromatic N) is 2. The van der Waals surface area contributed by atoms with E-state index < -0.39 is 24.5 Å². The minimum Gasteiger partial charge on any atom is -0.456 e. The molecule has 1 N–H and O–H groups in total. The van der Waals surface area contributed by atoms with Gasteiger partial charge in [0.15, 0.2) is 6.61 Å². The van der Waals surface area contributed by atoms with Crippen molar-refractivity contribution in [2.75, 3.05) is 6.61 Å². The monoisotopic (exact) mass is 437 g/mol. The summed E-state index contributed by atoms with van der Waals surface area (Å²) in [6.07, 6.45) is 1.98. The lowest BCUT2D eigenvalue weighted by atomic mass is 10.1. The summed E-state index contributed by atoms with van der Waals surface area (Å²) in [5.41, 5.74) is 1.48. The van der Waals surface area contributed by atoms with Gasteiger partial charge in [0, 0.05) is 29.2 Å². The van der Waals surface area contributed by atoms with Gasteiger partial charge in [-0.15, -0.1) is 0 Å². The predicted molar refractivity (Wildman–Crippen MR) is 116 cm³/mol. The number of Topliss-reactive ketones (excluding diaryl/α,β-unsaturated/α-hetero) is 1. The lowest BCUT2D eigenvalue weighted by molar-refractivity contribution is -0.144. The van der Waals surface area contributed by atoms with Crippen LogP contribution in [0.5, 0.6) is 0 Å². The molecule has 0 saturated heterocycles. The van der Waals surface area contributed by atoms with Gasteiger partial charge in [-0.3, -0.25) is 9.59 Å². The molecule has 0 unspecified atom stereocenters. The van der Waals surface area contributed by atoms with Crippen LogP contribution < -0.4 is 5.32 Å². The van der Waals surface area contributed by atoms with E-state index in [-0.39, 0.29) is 16.4 Å². The van der Waals surface area contributed by atoms with Gasteiger partial charge in [-0.1, -0.05) is 41.9 Å². The van der Waals surface area contributed by atoms with Gasteiger partial charge in [0.25, 0.3) is 5.91 Å². The molecule has 0 radical (unpaired) electrons. The van der Waals surface area contributed by atoms with E-state index >= 15 is 0 Å². The summed E-state index contributed by atoms with van der Waals surface area (Å²) in [7, 11) is 0. The number of aromatic nitrogens is 1. The second-order valence-electron chi connectivity index (χ2n) is 6.87. The number of ether oxygens (including phenoxy) is 1. The van der Waals surface area contributed by atoms with Gasteiger partial charge in [0.1, 0.15) is 6.04 Å². The van der Waals surface area contributed by atoms with Crippen molar-refractivity contribution in [3.05, 3.63) is 70.9 Å².